The van der Waals surface area contributed by atoms with Gasteiger partial charge in [-0.05, 0) is 99.5 Å². The van der Waals surface area contributed by atoms with E-state index in [1.807, 2.05) is 13.8 Å². The molecule has 40 heavy (non-hydrogen) atoms. The number of nitrogens with one attached hydrogen (secondary N) is 4. The van der Waals surface area contributed by atoms with Gasteiger partial charge in [0.15, 0.2) is 0 Å². The van der Waals surface area contributed by atoms with E-state index in [1.165, 1.54) is 72.8 Å². The van der Waals surface area contributed by atoms with Gasteiger partial charge < -0.3 is 10.6 Å². The van der Waals surface area contributed by atoms with Crippen LogP contribution in [0.15, 0.2) is 82.6 Å². The fourth-order valence-electron chi connectivity index (χ4n) is 3.45. The van der Waals surface area contributed by atoms with Crippen molar-refractivity contribution in [3.63, 3.8) is 0 Å². The minimum atomic E-state index is -3.65. The van der Waals surface area contributed by atoms with Crippen LogP contribution in [0, 0.1) is 0 Å². The van der Waals surface area contributed by atoms with Gasteiger partial charge in [0.2, 0.25) is 20.0 Å². The molecule has 0 spiro atoms. The Balaban J connectivity index is 1.60. The Kier molecular flexibility index (Phi) is 10.2. The highest BCUT2D eigenvalue weighted by molar-refractivity contribution is 7.89. The van der Waals surface area contributed by atoms with E-state index in [0.717, 1.165) is 0 Å². The van der Waals surface area contributed by atoms with Crippen LogP contribution in [-0.2, 0) is 20.0 Å². The lowest BCUT2D eigenvalue weighted by atomic mass is 10.1. The molecule has 0 aliphatic carbocycles. The minimum absolute atomic E-state index is 0.0974. The van der Waals surface area contributed by atoms with Gasteiger partial charge in [0.05, 0.1) is 9.79 Å². The van der Waals surface area contributed by atoms with E-state index in [9.17, 15) is 26.4 Å². The van der Waals surface area contributed by atoms with Gasteiger partial charge in [-0.25, -0.2) is 26.3 Å². The molecular weight excluding hydrogens is 552 g/mol. The summed E-state index contributed by atoms with van der Waals surface area (Å²) >= 11 is 0. The third kappa shape index (κ3) is 8.21. The summed E-state index contributed by atoms with van der Waals surface area (Å²) in [5.74, 6) is -0.855. The van der Waals surface area contributed by atoms with Crippen molar-refractivity contribution >= 4 is 43.2 Å². The SMILES string of the molecule is CCC(C)NS(=O)(=O)c1ccc(NC(=O)c2ccc(C(=O)Nc3ccc(S(=O)(=O)NC(C)CC)cc3)cc2)cc1. The first kappa shape index (κ1) is 31.0. The van der Waals surface area contributed by atoms with Crippen molar-refractivity contribution in [2.75, 3.05) is 10.6 Å². The van der Waals surface area contributed by atoms with E-state index in [2.05, 4.69) is 20.1 Å². The largest absolute Gasteiger partial charge is 0.322 e. The number of carbonyl (C=O) groups is 2. The molecule has 214 valence electrons. The quantitative estimate of drug-likeness (QED) is 0.248. The molecule has 3 aromatic rings. The van der Waals surface area contributed by atoms with Crippen LogP contribution in [0.25, 0.3) is 0 Å². The summed E-state index contributed by atoms with van der Waals surface area (Å²) in [6.07, 6.45) is 1.31. The van der Waals surface area contributed by atoms with Crippen molar-refractivity contribution in [3.8, 4) is 0 Å². The number of benzene rings is 3. The number of sulfonamides is 2. The molecule has 0 saturated carbocycles. The monoisotopic (exact) mass is 586 g/mol. The summed E-state index contributed by atoms with van der Waals surface area (Å²) in [6.45, 7) is 7.32. The van der Waals surface area contributed by atoms with Crippen molar-refractivity contribution in [3.05, 3.63) is 83.9 Å². The summed E-state index contributed by atoms with van der Waals surface area (Å²) in [6, 6.07) is 17.3. The van der Waals surface area contributed by atoms with Crippen molar-refractivity contribution in [2.24, 2.45) is 0 Å². The molecule has 0 radical (unpaired) electrons. The van der Waals surface area contributed by atoms with Gasteiger partial charge >= 0.3 is 0 Å². The van der Waals surface area contributed by atoms with Crippen molar-refractivity contribution in [2.45, 2.75) is 62.4 Å². The molecule has 0 aromatic heterocycles. The molecule has 2 amide bonds. The maximum Gasteiger partial charge on any atom is 0.255 e. The Morgan fingerprint density at radius 3 is 1.15 bits per heavy atom. The number of rotatable bonds is 12. The number of hydrogen-bond acceptors (Lipinski definition) is 6. The van der Waals surface area contributed by atoms with Crippen molar-refractivity contribution in [1.82, 2.24) is 9.44 Å². The third-order valence-electron chi connectivity index (χ3n) is 6.19. The smallest absolute Gasteiger partial charge is 0.255 e. The van der Waals surface area contributed by atoms with Crippen molar-refractivity contribution in [1.29, 1.82) is 0 Å². The molecule has 0 heterocycles. The number of hydrogen-bond donors (Lipinski definition) is 4. The fourth-order valence-corrected chi connectivity index (χ4v) is 6.10. The standard InChI is InChI=1S/C28H34N4O6S2/c1-5-19(3)31-39(35,36)25-15-11-23(12-16-25)29-27(33)21-7-9-22(10-8-21)28(34)30-24-13-17-26(18-14-24)40(37,38)32-20(4)6-2/h7-20,31-32H,5-6H2,1-4H3,(H,29,33)(H,30,34). The molecule has 4 N–H and O–H groups in total. The fraction of sp³-hybridized carbons (Fsp3) is 0.286. The zero-order valence-electron chi connectivity index (χ0n) is 22.8. The van der Waals surface area contributed by atoms with Gasteiger partial charge in [-0.2, -0.15) is 0 Å². The Morgan fingerprint density at radius 1 is 0.575 bits per heavy atom. The maximum atomic E-state index is 12.7. The minimum Gasteiger partial charge on any atom is -0.322 e. The lowest BCUT2D eigenvalue weighted by Crippen LogP contribution is -2.31. The molecule has 0 fully saturated rings. The highest BCUT2D eigenvalue weighted by Crippen LogP contribution is 2.18. The lowest BCUT2D eigenvalue weighted by Gasteiger charge is -2.13. The lowest BCUT2D eigenvalue weighted by molar-refractivity contribution is 0.101. The molecule has 3 rings (SSSR count). The predicted octanol–water partition coefficient (Wildman–Crippen LogP) is 4.34. The highest BCUT2D eigenvalue weighted by Gasteiger charge is 2.18. The van der Waals surface area contributed by atoms with Crippen LogP contribution in [0.4, 0.5) is 11.4 Å². The Labute approximate surface area is 235 Å². The molecule has 3 aromatic carbocycles. The van der Waals surface area contributed by atoms with Gasteiger partial charge in [-0.3, -0.25) is 9.59 Å². The summed E-state index contributed by atoms with van der Waals surface area (Å²) < 4.78 is 54.8. The Morgan fingerprint density at radius 2 is 0.875 bits per heavy atom. The van der Waals surface area contributed by atoms with Crippen molar-refractivity contribution < 1.29 is 26.4 Å². The molecule has 2 unspecified atom stereocenters. The van der Waals surface area contributed by atoms with E-state index in [1.54, 1.807) is 13.8 Å². The maximum absolute atomic E-state index is 12.7. The van der Waals surface area contributed by atoms with Crippen LogP contribution < -0.4 is 20.1 Å². The van der Waals surface area contributed by atoms with Gasteiger partial charge in [-0.1, -0.05) is 13.8 Å². The van der Waals surface area contributed by atoms with E-state index in [4.69, 9.17) is 0 Å². The summed E-state index contributed by atoms with van der Waals surface area (Å²) in [4.78, 5) is 25.5. The normalized spacial score (nSPS) is 13.3. The Bertz CT molecular complexity index is 1420. The second-order valence-electron chi connectivity index (χ2n) is 9.40. The highest BCUT2D eigenvalue weighted by atomic mass is 32.2. The molecule has 12 heteroatoms. The van der Waals surface area contributed by atoms with Crippen LogP contribution >= 0.6 is 0 Å². The molecule has 0 aliphatic heterocycles. The van der Waals surface area contributed by atoms with Gasteiger partial charge in [0.1, 0.15) is 0 Å². The van der Waals surface area contributed by atoms with Crippen LogP contribution in [0.1, 0.15) is 61.3 Å². The van der Waals surface area contributed by atoms with E-state index in [-0.39, 0.29) is 21.9 Å². The molecule has 0 bridgehead atoms. The first-order chi connectivity index (χ1) is 18.8. The third-order valence-corrected chi connectivity index (χ3v) is 9.40. The molecular formula is C28H34N4O6S2. The zero-order valence-corrected chi connectivity index (χ0v) is 24.4. The van der Waals surface area contributed by atoms with E-state index >= 15 is 0 Å². The number of carbonyl (C=O) groups excluding carboxylic acids is 2. The first-order valence-corrected chi connectivity index (χ1v) is 15.8. The predicted molar refractivity (Wildman–Crippen MR) is 155 cm³/mol. The van der Waals surface area contributed by atoms with Crippen LogP contribution in [0.3, 0.4) is 0 Å². The average molecular weight is 587 g/mol. The molecule has 10 nitrogen and oxygen atoms in total. The van der Waals surface area contributed by atoms with E-state index < -0.39 is 31.9 Å². The van der Waals surface area contributed by atoms with Gasteiger partial charge in [0, 0.05) is 34.6 Å². The molecule has 0 aliphatic rings. The second-order valence-corrected chi connectivity index (χ2v) is 12.8. The number of amides is 2. The van der Waals surface area contributed by atoms with Gasteiger partial charge in [0.25, 0.3) is 11.8 Å². The van der Waals surface area contributed by atoms with Crippen LogP contribution in [0.2, 0.25) is 0 Å². The average Bonchev–Trinajstić information content (AvgIpc) is 2.93. The molecule has 2 atom stereocenters. The Hall–Kier alpha value is -3.58. The topological polar surface area (TPSA) is 151 Å². The number of anilines is 2. The summed E-state index contributed by atoms with van der Waals surface area (Å²) in [5.41, 5.74) is 1.43. The van der Waals surface area contributed by atoms with E-state index in [0.29, 0.717) is 35.3 Å². The van der Waals surface area contributed by atoms with Crippen LogP contribution in [-0.4, -0.2) is 40.7 Å². The van der Waals surface area contributed by atoms with Crippen LogP contribution in [0.5, 0.6) is 0 Å². The molecule has 0 saturated heterocycles. The summed E-state index contributed by atoms with van der Waals surface area (Å²) in [5, 5.41) is 5.40. The first-order valence-electron chi connectivity index (χ1n) is 12.8. The van der Waals surface area contributed by atoms with Gasteiger partial charge in [-0.15, -0.1) is 0 Å². The zero-order chi connectivity index (χ0) is 29.5. The summed E-state index contributed by atoms with van der Waals surface area (Å²) in [7, 11) is -7.30. The second kappa shape index (κ2) is 13.2.